The van der Waals surface area contributed by atoms with Crippen molar-refractivity contribution in [2.75, 3.05) is 0 Å². The molecule has 0 radical (unpaired) electrons. The standard InChI is InChI=1S/C16H20N2O2S/c1-12(18(19)20)11-13-7-9-14(10-8-13)16(21)17-15-5-3-2-4-6-15/h7-11,15H,2-6H2,1H3,(H,17,21). The van der Waals surface area contributed by atoms with Gasteiger partial charge in [0.1, 0.15) is 4.99 Å². The van der Waals surface area contributed by atoms with Gasteiger partial charge in [0.05, 0.1) is 4.92 Å². The van der Waals surface area contributed by atoms with Gasteiger partial charge in [0.2, 0.25) is 5.70 Å². The number of thiocarbonyl (C=S) groups is 1. The molecule has 1 aromatic carbocycles. The Bertz CT molecular complexity index is 546. The van der Waals surface area contributed by atoms with Crippen LogP contribution >= 0.6 is 12.2 Å². The second kappa shape index (κ2) is 7.31. The third kappa shape index (κ3) is 4.63. The lowest BCUT2D eigenvalue weighted by Crippen LogP contribution is -2.35. The highest BCUT2D eigenvalue weighted by Crippen LogP contribution is 2.18. The summed E-state index contributed by atoms with van der Waals surface area (Å²) in [6, 6.07) is 8.03. The van der Waals surface area contributed by atoms with E-state index in [0.29, 0.717) is 6.04 Å². The van der Waals surface area contributed by atoms with Gasteiger partial charge in [0.25, 0.3) is 0 Å². The van der Waals surface area contributed by atoms with Crippen LogP contribution in [0.2, 0.25) is 0 Å². The third-order valence-corrected chi connectivity index (χ3v) is 4.13. The minimum Gasteiger partial charge on any atom is -0.373 e. The van der Waals surface area contributed by atoms with Gasteiger partial charge < -0.3 is 5.32 Å². The molecule has 0 amide bonds. The first-order valence-corrected chi connectivity index (χ1v) is 7.71. The lowest BCUT2D eigenvalue weighted by molar-refractivity contribution is -0.422. The summed E-state index contributed by atoms with van der Waals surface area (Å²) < 4.78 is 0. The van der Waals surface area contributed by atoms with Crippen molar-refractivity contribution < 1.29 is 4.92 Å². The van der Waals surface area contributed by atoms with Crippen molar-refractivity contribution >= 4 is 23.3 Å². The fourth-order valence-electron chi connectivity index (χ4n) is 2.54. The quantitative estimate of drug-likeness (QED) is 0.520. The minimum absolute atomic E-state index is 0.130. The molecule has 21 heavy (non-hydrogen) atoms. The summed E-state index contributed by atoms with van der Waals surface area (Å²) in [4.78, 5) is 11.0. The highest BCUT2D eigenvalue weighted by atomic mass is 32.1. The second-order valence-electron chi connectivity index (χ2n) is 5.47. The molecule has 0 atom stereocenters. The Morgan fingerprint density at radius 3 is 2.48 bits per heavy atom. The largest absolute Gasteiger partial charge is 0.373 e. The molecule has 0 bridgehead atoms. The molecule has 0 heterocycles. The maximum Gasteiger partial charge on any atom is 0.243 e. The normalized spacial score (nSPS) is 16.5. The van der Waals surface area contributed by atoms with E-state index in [2.05, 4.69) is 5.32 Å². The number of benzene rings is 1. The molecule has 1 aromatic rings. The van der Waals surface area contributed by atoms with Gasteiger partial charge in [-0.15, -0.1) is 0 Å². The summed E-state index contributed by atoms with van der Waals surface area (Å²) in [6.07, 6.45) is 7.78. The van der Waals surface area contributed by atoms with E-state index in [9.17, 15) is 10.1 Å². The molecule has 1 N–H and O–H groups in total. The summed E-state index contributed by atoms with van der Waals surface area (Å²) in [6.45, 7) is 1.49. The van der Waals surface area contributed by atoms with Crippen LogP contribution < -0.4 is 5.32 Å². The molecule has 1 aliphatic rings. The van der Waals surface area contributed by atoms with Gasteiger partial charge in [-0.25, -0.2) is 0 Å². The van der Waals surface area contributed by atoms with E-state index >= 15 is 0 Å². The number of nitrogens with one attached hydrogen (secondary N) is 1. The smallest absolute Gasteiger partial charge is 0.243 e. The number of hydrogen-bond donors (Lipinski definition) is 1. The lowest BCUT2D eigenvalue weighted by atomic mass is 9.95. The van der Waals surface area contributed by atoms with Crippen molar-refractivity contribution in [3.05, 3.63) is 51.2 Å². The van der Waals surface area contributed by atoms with E-state index in [4.69, 9.17) is 12.2 Å². The summed E-state index contributed by atoms with van der Waals surface area (Å²) in [5.41, 5.74) is 1.91. The molecule has 4 nitrogen and oxygen atoms in total. The second-order valence-corrected chi connectivity index (χ2v) is 5.88. The zero-order valence-electron chi connectivity index (χ0n) is 12.2. The molecule has 1 fully saturated rings. The summed E-state index contributed by atoms with van der Waals surface area (Å²) >= 11 is 5.44. The van der Waals surface area contributed by atoms with Crippen LogP contribution in [0.15, 0.2) is 30.0 Å². The zero-order chi connectivity index (χ0) is 15.2. The van der Waals surface area contributed by atoms with Gasteiger partial charge in [-0.3, -0.25) is 10.1 Å². The topological polar surface area (TPSA) is 55.2 Å². The van der Waals surface area contributed by atoms with Crippen LogP contribution in [0.5, 0.6) is 0 Å². The first-order valence-electron chi connectivity index (χ1n) is 7.30. The van der Waals surface area contributed by atoms with Crippen molar-refractivity contribution in [3.8, 4) is 0 Å². The molecular formula is C16H20N2O2S. The van der Waals surface area contributed by atoms with Crippen LogP contribution in [-0.4, -0.2) is 16.0 Å². The summed E-state index contributed by atoms with van der Waals surface area (Å²) in [5, 5.41) is 14.0. The number of rotatable bonds is 4. The first-order chi connectivity index (χ1) is 10.1. The van der Waals surface area contributed by atoms with Crippen molar-refractivity contribution in [1.82, 2.24) is 5.32 Å². The lowest BCUT2D eigenvalue weighted by Gasteiger charge is -2.24. The Morgan fingerprint density at radius 2 is 1.90 bits per heavy atom. The van der Waals surface area contributed by atoms with Crippen molar-refractivity contribution in [2.45, 2.75) is 45.1 Å². The molecule has 1 saturated carbocycles. The van der Waals surface area contributed by atoms with Crippen molar-refractivity contribution in [3.63, 3.8) is 0 Å². The number of nitro groups is 1. The van der Waals surface area contributed by atoms with Gasteiger partial charge in [-0.05, 0) is 18.4 Å². The third-order valence-electron chi connectivity index (χ3n) is 3.78. The van der Waals surface area contributed by atoms with Crippen LogP contribution in [0.1, 0.15) is 50.2 Å². The van der Waals surface area contributed by atoms with Crippen LogP contribution in [0.3, 0.4) is 0 Å². The monoisotopic (exact) mass is 304 g/mol. The molecule has 1 aliphatic carbocycles. The number of hydrogen-bond acceptors (Lipinski definition) is 3. The highest BCUT2D eigenvalue weighted by Gasteiger charge is 2.14. The predicted octanol–water partition coefficient (Wildman–Crippen LogP) is 3.92. The first kappa shape index (κ1) is 15.6. The maximum absolute atomic E-state index is 10.6. The van der Waals surface area contributed by atoms with E-state index in [-0.39, 0.29) is 10.6 Å². The molecule has 0 unspecified atom stereocenters. The predicted molar refractivity (Wildman–Crippen MR) is 88.8 cm³/mol. The van der Waals surface area contributed by atoms with E-state index in [1.54, 1.807) is 6.08 Å². The minimum atomic E-state index is -0.386. The zero-order valence-corrected chi connectivity index (χ0v) is 13.0. The molecule has 2 rings (SSSR count). The fraction of sp³-hybridized carbons (Fsp3) is 0.438. The average molecular weight is 304 g/mol. The Kier molecular flexibility index (Phi) is 5.44. The van der Waals surface area contributed by atoms with Gasteiger partial charge >= 0.3 is 0 Å². The summed E-state index contributed by atoms with van der Waals surface area (Å²) in [5.74, 6) is 0. The van der Waals surface area contributed by atoms with Crippen LogP contribution in [0.25, 0.3) is 6.08 Å². The van der Waals surface area contributed by atoms with Gasteiger partial charge in [-0.1, -0.05) is 55.7 Å². The molecule has 112 valence electrons. The summed E-state index contributed by atoms with van der Waals surface area (Å²) in [7, 11) is 0. The van der Waals surface area contributed by atoms with Crippen LogP contribution in [0.4, 0.5) is 0 Å². The van der Waals surface area contributed by atoms with Gasteiger partial charge in [0, 0.05) is 24.6 Å². The van der Waals surface area contributed by atoms with Crippen molar-refractivity contribution in [1.29, 1.82) is 0 Å². The Morgan fingerprint density at radius 1 is 1.29 bits per heavy atom. The van der Waals surface area contributed by atoms with Crippen LogP contribution in [-0.2, 0) is 0 Å². The highest BCUT2D eigenvalue weighted by molar-refractivity contribution is 7.80. The molecule has 0 saturated heterocycles. The average Bonchev–Trinajstić information content (AvgIpc) is 2.48. The van der Waals surface area contributed by atoms with E-state index in [1.165, 1.54) is 39.0 Å². The fourth-order valence-corrected chi connectivity index (χ4v) is 2.84. The Balaban J connectivity index is 1.99. The Labute approximate surface area is 130 Å². The molecular weight excluding hydrogens is 284 g/mol. The maximum atomic E-state index is 10.6. The van der Waals surface area contributed by atoms with E-state index in [0.717, 1.165) is 16.1 Å². The molecule has 0 aliphatic heterocycles. The van der Waals surface area contributed by atoms with Gasteiger partial charge in [0.15, 0.2) is 0 Å². The van der Waals surface area contributed by atoms with Gasteiger partial charge in [-0.2, -0.15) is 0 Å². The number of nitrogens with zero attached hydrogens (tertiary/aromatic N) is 1. The molecule has 5 heteroatoms. The van der Waals surface area contributed by atoms with E-state index in [1.807, 2.05) is 24.3 Å². The SMILES string of the molecule is CC(=Cc1ccc(C(=S)NC2CCCCC2)cc1)[N+](=O)[O-]. The molecule has 0 spiro atoms. The number of allylic oxidation sites excluding steroid dienone is 1. The van der Waals surface area contributed by atoms with Crippen molar-refractivity contribution in [2.24, 2.45) is 0 Å². The van der Waals surface area contributed by atoms with E-state index < -0.39 is 0 Å². The Hall–Kier alpha value is -1.75. The molecule has 0 aromatic heterocycles. The van der Waals surface area contributed by atoms with Crippen LogP contribution in [0, 0.1) is 10.1 Å².